The van der Waals surface area contributed by atoms with Gasteiger partial charge in [-0.25, -0.2) is 4.79 Å². The summed E-state index contributed by atoms with van der Waals surface area (Å²) in [7, 11) is 0. The van der Waals surface area contributed by atoms with E-state index in [0.29, 0.717) is 11.3 Å². The fourth-order valence-corrected chi connectivity index (χ4v) is 1.57. The molecule has 2 rings (SSSR count). The predicted molar refractivity (Wildman–Crippen MR) is 79.5 cm³/mol. The van der Waals surface area contributed by atoms with Gasteiger partial charge in [-0.3, -0.25) is 9.59 Å². The van der Waals surface area contributed by atoms with E-state index in [-0.39, 0.29) is 0 Å². The number of hydrogen-bond acceptors (Lipinski definition) is 6. The molecule has 2 aromatic rings. The molecule has 0 saturated carbocycles. The van der Waals surface area contributed by atoms with Gasteiger partial charge in [-0.05, 0) is 24.6 Å². The smallest absolute Gasteiger partial charge is 0.338 e. The first kappa shape index (κ1) is 17.2. The lowest BCUT2D eigenvalue weighted by atomic mass is 10.1. The van der Waals surface area contributed by atoms with Crippen molar-refractivity contribution < 1.29 is 24.2 Å². The van der Waals surface area contributed by atoms with Crippen molar-refractivity contribution in [2.75, 3.05) is 5.73 Å². The molecular weight excluding hydrogens is 292 g/mol. The molecule has 1 aromatic heterocycles. The van der Waals surface area contributed by atoms with Gasteiger partial charge in [0.15, 0.2) is 0 Å². The van der Waals surface area contributed by atoms with Gasteiger partial charge < -0.3 is 26.1 Å². The van der Waals surface area contributed by atoms with E-state index < -0.39 is 30.0 Å². The third-order valence-electron chi connectivity index (χ3n) is 2.64. The SMILES string of the molecule is Cc1ccc2c(N)cc(=O)oc2c1.N[C@@H](CC(=O)O)C(=O)O. The number of carbonyl (C=O) groups is 2. The number of fused-ring (bicyclic) bond motifs is 1. The molecule has 22 heavy (non-hydrogen) atoms. The average molecular weight is 308 g/mol. The topological polar surface area (TPSA) is 157 Å². The summed E-state index contributed by atoms with van der Waals surface area (Å²) >= 11 is 0. The van der Waals surface area contributed by atoms with E-state index >= 15 is 0 Å². The van der Waals surface area contributed by atoms with E-state index in [1.807, 2.05) is 19.1 Å². The van der Waals surface area contributed by atoms with E-state index in [4.69, 9.17) is 26.1 Å². The summed E-state index contributed by atoms with van der Waals surface area (Å²) < 4.78 is 4.99. The van der Waals surface area contributed by atoms with Gasteiger partial charge in [0, 0.05) is 17.1 Å². The Kier molecular flexibility index (Phi) is 5.65. The second kappa shape index (κ2) is 7.23. The number of hydrogen-bond donors (Lipinski definition) is 4. The quantitative estimate of drug-likeness (QED) is 0.599. The number of benzene rings is 1. The largest absolute Gasteiger partial charge is 0.481 e. The summed E-state index contributed by atoms with van der Waals surface area (Å²) in [5.74, 6) is -2.50. The molecule has 0 saturated heterocycles. The zero-order valence-electron chi connectivity index (χ0n) is 11.8. The second-order valence-electron chi connectivity index (χ2n) is 4.56. The van der Waals surface area contributed by atoms with Gasteiger partial charge in [0.2, 0.25) is 0 Å². The van der Waals surface area contributed by atoms with Crippen molar-refractivity contribution in [3.8, 4) is 0 Å². The molecule has 1 atom stereocenters. The Morgan fingerprint density at radius 3 is 2.41 bits per heavy atom. The molecule has 0 aliphatic heterocycles. The van der Waals surface area contributed by atoms with Gasteiger partial charge in [-0.15, -0.1) is 0 Å². The molecule has 0 aliphatic rings. The summed E-state index contributed by atoms with van der Waals surface area (Å²) in [4.78, 5) is 30.6. The maximum atomic E-state index is 11.0. The highest BCUT2D eigenvalue weighted by molar-refractivity contribution is 5.88. The minimum atomic E-state index is -1.29. The highest BCUT2D eigenvalue weighted by atomic mass is 16.4. The fraction of sp³-hybridized carbons (Fsp3) is 0.214. The molecule has 8 heteroatoms. The summed E-state index contributed by atoms with van der Waals surface area (Å²) in [5, 5.41) is 16.8. The lowest BCUT2D eigenvalue weighted by Gasteiger charge is -2.00. The average Bonchev–Trinajstić information content (AvgIpc) is 2.37. The molecule has 0 unspecified atom stereocenters. The molecule has 0 bridgehead atoms. The van der Waals surface area contributed by atoms with Gasteiger partial charge in [0.1, 0.15) is 11.6 Å². The van der Waals surface area contributed by atoms with E-state index in [9.17, 15) is 14.4 Å². The summed E-state index contributed by atoms with van der Waals surface area (Å²) in [6.07, 6.45) is -0.532. The number of aliphatic carboxylic acids is 2. The van der Waals surface area contributed by atoms with Crippen LogP contribution in [0.5, 0.6) is 0 Å². The van der Waals surface area contributed by atoms with Crippen molar-refractivity contribution in [3.05, 3.63) is 40.2 Å². The first-order chi connectivity index (χ1) is 10.2. The molecule has 6 N–H and O–H groups in total. The molecule has 1 heterocycles. The van der Waals surface area contributed by atoms with Crippen LogP contribution in [0, 0.1) is 6.92 Å². The third-order valence-corrected chi connectivity index (χ3v) is 2.64. The Morgan fingerprint density at radius 2 is 1.91 bits per heavy atom. The summed E-state index contributed by atoms with van der Waals surface area (Å²) in [5.41, 5.74) is 12.1. The van der Waals surface area contributed by atoms with E-state index in [0.717, 1.165) is 10.9 Å². The van der Waals surface area contributed by atoms with Crippen molar-refractivity contribution in [1.29, 1.82) is 0 Å². The highest BCUT2D eigenvalue weighted by Gasteiger charge is 2.14. The van der Waals surface area contributed by atoms with Crippen LogP contribution in [-0.2, 0) is 9.59 Å². The van der Waals surface area contributed by atoms with Gasteiger partial charge in [0.05, 0.1) is 6.42 Å². The van der Waals surface area contributed by atoms with Crippen LogP contribution in [0.3, 0.4) is 0 Å². The minimum absolute atomic E-state index is 0.407. The molecule has 118 valence electrons. The standard InChI is InChI=1S/C10H9NO2.C4H7NO4/c1-6-2-3-7-8(11)5-10(12)13-9(7)4-6;5-2(4(8)9)1-3(6)7/h2-5H,11H2,1H3;2H,1,5H2,(H,6,7)(H,8,9)/t;2-/m.0/s1. The first-order valence-electron chi connectivity index (χ1n) is 6.21. The molecule has 0 radical (unpaired) electrons. The molecule has 0 aliphatic carbocycles. The zero-order chi connectivity index (χ0) is 16.9. The monoisotopic (exact) mass is 308 g/mol. The van der Waals surface area contributed by atoms with Crippen LogP contribution in [0.1, 0.15) is 12.0 Å². The van der Waals surface area contributed by atoms with E-state index in [1.54, 1.807) is 6.07 Å². The van der Waals surface area contributed by atoms with Crippen LogP contribution in [0.4, 0.5) is 5.69 Å². The molecule has 0 fully saturated rings. The Bertz CT molecular complexity index is 753. The van der Waals surface area contributed by atoms with Crippen molar-refractivity contribution in [2.24, 2.45) is 5.73 Å². The molecular formula is C14H16N2O6. The van der Waals surface area contributed by atoms with Crippen LogP contribution < -0.4 is 17.1 Å². The Balaban J connectivity index is 0.000000239. The van der Waals surface area contributed by atoms with Crippen LogP contribution >= 0.6 is 0 Å². The molecule has 0 amide bonds. The van der Waals surface area contributed by atoms with Crippen LogP contribution in [-0.4, -0.2) is 28.2 Å². The van der Waals surface area contributed by atoms with Crippen molar-refractivity contribution in [2.45, 2.75) is 19.4 Å². The maximum absolute atomic E-state index is 11.0. The number of aryl methyl sites for hydroxylation is 1. The third kappa shape index (κ3) is 4.91. The van der Waals surface area contributed by atoms with Crippen molar-refractivity contribution in [3.63, 3.8) is 0 Å². The minimum Gasteiger partial charge on any atom is -0.481 e. The lowest BCUT2D eigenvalue weighted by Crippen LogP contribution is -2.32. The summed E-state index contributed by atoms with van der Waals surface area (Å²) in [6, 6.07) is 5.58. The number of anilines is 1. The van der Waals surface area contributed by atoms with Crippen LogP contribution in [0.2, 0.25) is 0 Å². The van der Waals surface area contributed by atoms with Gasteiger partial charge in [-0.1, -0.05) is 6.07 Å². The van der Waals surface area contributed by atoms with Crippen molar-refractivity contribution >= 4 is 28.6 Å². The van der Waals surface area contributed by atoms with E-state index in [2.05, 4.69) is 0 Å². The molecule has 0 spiro atoms. The van der Waals surface area contributed by atoms with Crippen LogP contribution in [0.15, 0.2) is 33.5 Å². The van der Waals surface area contributed by atoms with Crippen LogP contribution in [0.25, 0.3) is 11.0 Å². The molecule has 8 nitrogen and oxygen atoms in total. The number of rotatable bonds is 3. The second-order valence-corrected chi connectivity index (χ2v) is 4.56. The van der Waals surface area contributed by atoms with E-state index in [1.165, 1.54) is 6.07 Å². The van der Waals surface area contributed by atoms with Crippen molar-refractivity contribution in [1.82, 2.24) is 0 Å². The Labute approximate surface area is 125 Å². The number of nitrogens with two attached hydrogens (primary N) is 2. The predicted octanol–water partition coefficient (Wildman–Crippen LogP) is 0.557. The number of carboxylic acids is 2. The lowest BCUT2D eigenvalue weighted by molar-refractivity contribution is -0.144. The summed E-state index contributed by atoms with van der Waals surface area (Å²) in [6.45, 7) is 1.93. The zero-order valence-corrected chi connectivity index (χ0v) is 11.8. The normalized spacial score (nSPS) is 11.4. The van der Waals surface area contributed by atoms with Gasteiger partial charge in [-0.2, -0.15) is 0 Å². The fourth-order valence-electron chi connectivity index (χ4n) is 1.57. The van der Waals surface area contributed by atoms with Gasteiger partial charge >= 0.3 is 17.6 Å². The molecule has 1 aromatic carbocycles. The first-order valence-corrected chi connectivity index (χ1v) is 6.21. The number of carboxylic acid groups (broad SMARTS) is 2. The Hall–Kier alpha value is -2.87. The maximum Gasteiger partial charge on any atom is 0.338 e. The highest BCUT2D eigenvalue weighted by Crippen LogP contribution is 2.19. The Morgan fingerprint density at radius 1 is 1.27 bits per heavy atom. The number of nitrogen functional groups attached to an aromatic ring is 1. The van der Waals surface area contributed by atoms with Gasteiger partial charge in [0.25, 0.3) is 0 Å².